The van der Waals surface area contributed by atoms with E-state index in [-0.39, 0.29) is 11.5 Å². The smallest absolute Gasteiger partial charge is 0.332 e. The maximum absolute atomic E-state index is 12.3. The molecule has 0 saturated carbocycles. The van der Waals surface area contributed by atoms with Crippen LogP contribution in [0.2, 0.25) is 0 Å². The molecule has 1 N–H and O–H groups in total. The summed E-state index contributed by atoms with van der Waals surface area (Å²) in [6.45, 7) is 7.25. The number of hydrogen-bond donors (Lipinski definition) is 1. The first-order chi connectivity index (χ1) is 14.2. The van der Waals surface area contributed by atoms with E-state index in [0.29, 0.717) is 12.8 Å². The molecule has 1 unspecified atom stereocenters. The Labute approximate surface area is 175 Å². The summed E-state index contributed by atoms with van der Waals surface area (Å²) in [5.74, 6) is -2.04. The Morgan fingerprint density at radius 2 is 1.30 bits per heavy atom. The van der Waals surface area contributed by atoms with Crippen LogP contribution in [0.4, 0.5) is 0 Å². The summed E-state index contributed by atoms with van der Waals surface area (Å²) < 4.78 is 42.7. The second kappa shape index (κ2) is 10.5. The van der Waals surface area contributed by atoms with Gasteiger partial charge in [-0.05, 0) is 48.2 Å². The van der Waals surface area contributed by atoms with Gasteiger partial charge in [-0.1, -0.05) is 36.4 Å². The molecule has 158 valence electrons. The van der Waals surface area contributed by atoms with Crippen molar-refractivity contribution < 1.29 is 32.0 Å². The van der Waals surface area contributed by atoms with Crippen LogP contribution in [0.5, 0.6) is 11.5 Å². The third-order valence-corrected chi connectivity index (χ3v) is 5.11. The second-order valence-electron chi connectivity index (χ2n) is 6.38. The van der Waals surface area contributed by atoms with Crippen LogP contribution >= 0.6 is 0 Å². The van der Waals surface area contributed by atoms with Crippen LogP contribution in [0.15, 0.2) is 73.8 Å². The number of allylic oxidation sites excluding steroid dienone is 2. The zero-order chi connectivity index (χ0) is 22.1. The van der Waals surface area contributed by atoms with Crippen LogP contribution in [0, 0.1) is 0 Å². The lowest BCUT2D eigenvalue weighted by Gasteiger charge is -2.13. The van der Waals surface area contributed by atoms with Gasteiger partial charge in [0, 0.05) is 0 Å². The predicted octanol–water partition coefficient (Wildman–Crippen LogP) is 3.30. The molecule has 0 fully saturated rings. The summed E-state index contributed by atoms with van der Waals surface area (Å²) in [7, 11) is -4.90. The van der Waals surface area contributed by atoms with Gasteiger partial charge in [-0.3, -0.25) is 14.1 Å². The monoisotopic (exact) mass is 430 g/mol. The standard InChI is InChI=1S/C22H22O7S/c1-3-5-16-7-11-18(12-8-16)28-21(23)15-20(30(25,26)27)22(24)29-19-13-9-17(6-4-2)10-14-19/h3-4,7-14,20H,1-2,5-6,15H2,(H,25,26,27). The lowest BCUT2D eigenvalue weighted by molar-refractivity contribution is -0.140. The van der Waals surface area contributed by atoms with Gasteiger partial charge < -0.3 is 9.47 Å². The second-order valence-corrected chi connectivity index (χ2v) is 7.98. The van der Waals surface area contributed by atoms with Crippen LogP contribution in [0.3, 0.4) is 0 Å². The average Bonchev–Trinajstić information content (AvgIpc) is 2.68. The maximum Gasteiger partial charge on any atom is 0.332 e. The van der Waals surface area contributed by atoms with Crippen molar-refractivity contribution in [2.75, 3.05) is 0 Å². The molecule has 0 heterocycles. The fourth-order valence-corrected chi connectivity index (χ4v) is 3.18. The fourth-order valence-electron chi connectivity index (χ4n) is 2.54. The van der Waals surface area contributed by atoms with Crippen molar-refractivity contribution in [2.45, 2.75) is 24.5 Å². The van der Waals surface area contributed by atoms with E-state index in [1.807, 2.05) is 0 Å². The number of carbonyl (C=O) groups is 2. The quantitative estimate of drug-likeness (QED) is 0.267. The highest BCUT2D eigenvalue weighted by atomic mass is 32.2. The summed E-state index contributed by atoms with van der Waals surface area (Å²) >= 11 is 0. The summed E-state index contributed by atoms with van der Waals surface area (Å²) in [5, 5.41) is -2.11. The Kier molecular flexibility index (Phi) is 8.08. The lowest BCUT2D eigenvalue weighted by atomic mass is 10.1. The summed E-state index contributed by atoms with van der Waals surface area (Å²) in [6, 6.07) is 12.8. The third kappa shape index (κ3) is 6.98. The van der Waals surface area contributed by atoms with Crippen LogP contribution in [-0.4, -0.2) is 30.2 Å². The minimum absolute atomic E-state index is 0.0765. The van der Waals surface area contributed by atoms with Crippen molar-refractivity contribution in [3.63, 3.8) is 0 Å². The van der Waals surface area contributed by atoms with E-state index in [0.717, 1.165) is 11.1 Å². The van der Waals surface area contributed by atoms with Crippen molar-refractivity contribution in [2.24, 2.45) is 0 Å². The molecule has 1 atom stereocenters. The van der Waals surface area contributed by atoms with E-state index in [1.54, 1.807) is 36.4 Å². The Morgan fingerprint density at radius 1 is 0.867 bits per heavy atom. The Morgan fingerprint density at radius 3 is 1.70 bits per heavy atom. The molecule has 2 rings (SSSR count). The molecule has 0 amide bonds. The van der Waals surface area contributed by atoms with Crippen LogP contribution < -0.4 is 9.47 Å². The van der Waals surface area contributed by atoms with Gasteiger partial charge in [0.15, 0.2) is 5.25 Å². The van der Waals surface area contributed by atoms with Gasteiger partial charge in [0.25, 0.3) is 10.1 Å². The molecule has 30 heavy (non-hydrogen) atoms. The molecule has 0 aromatic heterocycles. The SMILES string of the molecule is C=CCc1ccc(OC(=O)CC(C(=O)Oc2ccc(CC=C)cc2)S(=O)(=O)O)cc1. The maximum atomic E-state index is 12.3. The zero-order valence-corrected chi connectivity index (χ0v) is 17.0. The van der Waals surface area contributed by atoms with E-state index >= 15 is 0 Å². The van der Waals surface area contributed by atoms with Crippen molar-refractivity contribution in [1.29, 1.82) is 0 Å². The van der Waals surface area contributed by atoms with Gasteiger partial charge in [0.2, 0.25) is 0 Å². The van der Waals surface area contributed by atoms with Crippen LogP contribution in [0.25, 0.3) is 0 Å². The van der Waals surface area contributed by atoms with E-state index < -0.39 is 33.7 Å². The molecule has 8 heteroatoms. The highest BCUT2D eigenvalue weighted by Gasteiger charge is 2.36. The highest BCUT2D eigenvalue weighted by Crippen LogP contribution is 2.18. The Balaban J connectivity index is 2.05. The molecule has 0 aliphatic carbocycles. The van der Waals surface area contributed by atoms with Gasteiger partial charge in [0.1, 0.15) is 11.5 Å². The molecule has 0 aliphatic heterocycles. The zero-order valence-electron chi connectivity index (χ0n) is 16.2. The minimum Gasteiger partial charge on any atom is -0.426 e. The summed E-state index contributed by atoms with van der Waals surface area (Å²) in [6.07, 6.45) is 3.77. The average molecular weight is 430 g/mol. The molecule has 0 saturated heterocycles. The molecule has 0 bridgehead atoms. The molecule has 0 aliphatic rings. The molecule has 2 aromatic rings. The number of ether oxygens (including phenoxy) is 2. The highest BCUT2D eigenvalue weighted by molar-refractivity contribution is 7.87. The van der Waals surface area contributed by atoms with Gasteiger partial charge in [0.05, 0.1) is 6.42 Å². The number of carbonyl (C=O) groups excluding carboxylic acids is 2. The van der Waals surface area contributed by atoms with Crippen molar-refractivity contribution >= 4 is 22.1 Å². The summed E-state index contributed by atoms with van der Waals surface area (Å²) in [4.78, 5) is 24.4. The molecule has 2 aromatic carbocycles. The van der Waals surface area contributed by atoms with Gasteiger partial charge in [-0.2, -0.15) is 8.42 Å². The summed E-state index contributed by atoms with van der Waals surface area (Å²) in [5.41, 5.74) is 1.86. The lowest BCUT2D eigenvalue weighted by Crippen LogP contribution is -2.36. The van der Waals surface area contributed by atoms with Gasteiger partial charge >= 0.3 is 11.9 Å². The molecular weight excluding hydrogens is 408 g/mol. The Hall–Kier alpha value is -3.23. The fraction of sp³-hybridized carbons (Fsp3) is 0.182. The van der Waals surface area contributed by atoms with Crippen molar-refractivity contribution in [3.05, 3.63) is 85.0 Å². The third-order valence-electron chi connectivity index (χ3n) is 4.03. The minimum atomic E-state index is -4.90. The first kappa shape index (κ1) is 23.1. The van der Waals surface area contributed by atoms with Gasteiger partial charge in [-0.15, -0.1) is 13.2 Å². The Bertz CT molecular complexity index is 1010. The van der Waals surface area contributed by atoms with E-state index in [4.69, 9.17) is 9.47 Å². The van der Waals surface area contributed by atoms with Crippen molar-refractivity contribution in [3.8, 4) is 11.5 Å². The van der Waals surface area contributed by atoms with E-state index in [1.165, 1.54) is 24.3 Å². The molecule has 0 radical (unpaired) electrons. The largest absolute Gasteiger partial charge is 0.426 e. The first-order valence-electron chi connectivity index (χ1n) is 9.01. The molecule has 7 nitrogen and oxygen atoms in total. The molecular formula is C22H22O7S. The van der Waals surface area contributed by atoms with Crippen LogP contribution in [0.1, 0.15) is 17.5 Å². The number of hydrogen-bond acceptors (Lipinski definition) is 6. The van der Waals surface area contributed by atoms with Crippen molar-refractivity contribution in [1.82, 2.24) is 0 Å². The topological polar surface area (TPSA) is 107 Å². The predicted molar refractivity (Wildman–Crippen MR) is 112 cm³/mol. The van der Waals surface area contributed by atoms with E-state index in [2.05, 4.69) is 13.2 Å². The number of esters is 2. The van der Waals surface area contributed by atoms with E-state index in [9.17, 15) is 22.6 Å². The number of rotatable bonds is 10. The number of benzene rings is 2. The first-order valence-corrected chi connectivity index (χ1v) is 10.5. The van der Waals surface area contributed by atoms with Gasteiger partial charge in [-0.25, -0.2) is 0 Å². The normalized spacial score (nSPS) is 11.9. The van der Waals surface area contributed by atoms with Crippen LogP contribution in [-0.2, 0) is 32.5 Å². The molecule has 0 spiro atoms.